The fraction of sp³-hybridized carbons (Fsp3) is 0.320. The number of fused-ring (bicyclic) bond motifs is 1. The molecule has 0 radical (unpaired) electrons. The molecule has 3 rings (SSSR count). The average Bonchev–Trinajstić information content (AvgIpc) is 3.01. The molecule has 4 N–H and O–H groups in total. The quantitative estimate of drug-likeness (QED) is 0.241. The van der Waals surface area contributed by atoms with Gasteiger partial charge in [0.2, 0.25) is 0 Å². The third-order valence-electron chi connectivity index (χ3n) is 5.09. The third-order valence-corrected chi connectivity index (χ3v) is 6.15. The highest BCUT2D eigenvalue weighted by molar-refractivity contribution is 7.98. The Morgan fingerprint density at radius 1 is 1.23 bits per heavy atom. The first-order valence-corrected chi connectivity index (χ1v) is 12.2. The lowest BCUT2D eigenvalue weighted by Crippen LogP contribution is -2.36. The number of carbonyl (C=O) groups is 2. The minimum Gasteiger partial charge on any atom is -0.497 e. The van der Waals surface area contributed by atoms with Gasteiger partial charge >= 0.3 is 6.09 Å². The van der Waals surface area contributed by atoms with Crippen LogP contribution in [-0.2, 0) is 15.4 Å². The molecule has 0 unspecified atom stereocenters. The summed E-state index contributed by atoms with van der Waals surface area (Å²) in [7, 11) is 1.65. The van der Waals surface area contributed by atoms with E-state index in [2.05, 4.69) is 10.3 Å². The summed E-state index contributed by atoms with van der Waals surface area (Å²) in [4.78, 5) is 34.9. The molecule has 0 fully saturated rings. The van der Waals surface area contributed by atoms with Crippen LogP contribution < -0.4 is 15.8 Å². The van der Waals surface area contributed by atoms with Gasteiger partial charge in [0.05, 0.1) is 19.4 Å². The Kier molecular flexibility index (Phi) is 9.56. The molecule has 186 valence electrons. The zero-order valence-electron chi connectivity index (χ0n) is 19.8. The van der Waals surface area contributed by atoms with Crippen LogP contribution in [0.1, 0.15) is 30.9 Å². The average molecular weight is 499 g/mol. The number of carboxylic acid groups (broad SMARTS) is 1. The number of nitrogens with zero attached hydrogens (tertiary/aromatic N) is 2. The molecule has 0 saturated heterocycles. The van der Waals surface area contributed by atoms with Gasteiger partial charge in [0.1, 0.15) is 11.6 Å². The summed E-state index contributed by atoms with van der Waals surface area (Å²) in [6, 6.07) is 13.9. The van der Waals surface area contributed by atoms with Crippen LogP contribution in [0.15, 0.2) is 57.9 Å². The predicted molar refractivity (Wildman–Crippen MR) is 137 cm³/mol. The lowest BCUT2D eigenvalue weighted by atomic mass is 10.1. The van der Waals surface area contributed by atoms with Crippen LogP contribution in [0, 0.1) is 0 Å². The molecule has 2 aromatic rings. The summed E-state index contributed by atoms with van der Waals surface area (Å²) in [6.07, 6.45) is 1.52. The summed E-state index contributed by atoms with van der Waals surface area (Å²) in [5.41, 5.74) is 9.30. The Labute approximate surface area is 209 Å². The normalized spacial score (nSPS) is 12.6. The van der Waals surface area contributed by atoms with E-state index >= 15 is 0 Å². The van der Waals surface area contributed by atoms with E-state index in [0.29, 0.717) is 30.1 Å². The van der Waals surface area contributed by atoms with Crippen molar-refractivity contribution in [1.29, 1.82) is 0 Å². The summed E-state index contributed by atoms with van der Waals surface area (Å²) < 4.78 is 5.20. The SMILES string of the molecule is CCCN(OCCNC(=O)O)C(=O)C1=Cc2ccc(SCc3ccc(OC)cc3)cc2N=C(N)C1. The number of benzene rings is 2. The zero-order valence-corrected chi connectivity index (χ0v) is 20.6. The van der Waals surface area contributed by atoms with Crippen molar-refractivity contribution in [2.24, 2.45) is 10.7 Å². The summed E-state index contributed by atoms with van der Waals surface area (Å²) in [5, 5.41) is 12.2. The lowest BCUT2D eigenvalue weighted by molar-refractivity contribution is -0.181. The highest BCUT2D eigenvalue weighted by Crippen LogP contribution is 2.33. The monoisotopic (exact) mass is 498 g/mol. The summed E-state index contributed by atoms with van der Waals surface area (Å²) in [6.45, 7) is 2.41. The first-order valence-electron chi connectivity index (χ1n) is 11.2. The maximum Gasteiger partial charge on any atom is 0.404 e. The largest absolute Gasteiger partial charge is 0.497 e. The van der Waals surface area contributed by atoms with Gasteiger partial charge in [-0.15, -0.1) is 11.8 Å². The van der Waals surface area contributed by atoms with Crippen molar-refractivity contribution in [2.75, 3.05) is 26.8 Å². The number of hydrogen-bond acceptors (Lipinski definition) is 7. The van der Waals surface area contributed by atoms with E-state index in [1.54, 1.807) is 24.9 Å². The molecule has 35 heavy (non-hydrogen) atoms. The molecule has 10 heteroatoms. The topological polar surface area (TPSA) is 126 Å². The molecule has 9 nitrogen and oxygen atoms in total. The van der Waals surface area contributed by atoms with Crippen molar-refractivity contribution >= 4 is 41.4 Å². The van der Waals surface area contributed by atoms with E-state index in [4.69, 9.17) is 20.4 Å². The highest BCUT2D eigenvalue weighted by Gasteiger charge is 2.22. The number of rotatable bonds is 11. The molecule has 1 aliphatic rings. The highest BCUT2D eigenvalue weighted by atomic mass is 32.2. The van der Waals surface area contributed by atoms with E-state index in [9.17, 15) is 9.59 Å². The number of thioether (sulfide) groups is 1. The lowest BCUT2D eigenvalue weighted by Gasteiger charge is -2.22. The van der Waals surface area contributed by atoms with Crippen LogP contribution in [0.3, 0.4) is 0 Å². The van der Waals surface area contributed by atoms with Crippen LogP contribution in [-0.4, -0.2) is 54.8 Å². The van der Waals surface area contributed by atoms with Crippen molar-refractivity contribution in [3.05, 3.63) is 59.2 Å². The molecule has 0 aromatic heterocycles. The molecule has 1 aliphatic heterocycles. The van der Waals surface area contributed by atoms with E-state index < -0.39 is 6.09 Å². The van der Waals surface area contributed by atoms with Gasteiger partial charge in [-0.3, -0.25) is 9.63 Å². The van der Waals surface area contributed by atoms with E-state index in [0.717, 1.165) is 22.0 Å². The standard InChI is InChI=1S/C25H30N4O5S/c1-3-11-29(34-12-10-27-25(31)32)24(30)19-13-18-6-9-21(15-22(18)28-23(26)14-19)35-16-17-4-7-20(33-2)8-5-17/h4-9,13,15,27H,3,10-12,14,16H2,1-2H3,(H2,26,28)(H,31,32). The number of hydroxylamine groups is 2. The fourth-order valence-electron chi connectivity index (χ4n) is 3.39. The number of amidine groups is 1. The van der Waals surface area contributed by atoms with Crippen LogP contribution in [0.2, 0.25) is 0 Å². The Balaban J connectivity index is 1.72. The molecule has 1 heterocycles. The van der Waals surface area contributed by atoms with Gasteiger partial charge in [0, 0.05) is 41.3 Å². The van der Waals surface area contributed by atoms with Crippen molar-refractivity contribution < 1.29 is 24.3 Å². The van der Waals surface area contributed by atoms with Crippen molar-refractivity contribution in [2.45, 2.75) is 30.4 Å². The maximum absolute atomic E-state index is 13.2. The minimum absolute atomic E-state index is 0.0419. The number of amides is 2. The Bertz CT molecular complexity index is 1100. The van der Waals surface area contributed by atoms with Crippen LogP contribution in [0.4, 0.5) is 10.5 Å². The van der Waals surface area contributed by atoms with Crippen LogP contribution in [0.5, 0.6) is 5.75 Å². The molecule has 2 aromatic carbocycles. The molecule has 0 aliphatic carbocycles. The second-order valence-electron chi connectivity index (χ2n) is 7.78. The van der Waals surface area contributed by atoms with Crippen molar-refractivity contribution in [3.63, 3.8) is 0 Å². The molecule has 0 saturated carbocycles. The van der Waals surface area contributed by atoms with Gasteiger partial charge in [0.15, 0.2) is 0 Å². The maximum atomic E-state index is 13.2. The molecular formula is C25H30N4O5S. The Morgan fingerprint density at radius 2 is 2.00 bits per heavy atom. The summed E-state index contributed by atoms with van der Waals surface area (Å²) in [5.74, 6) is 1.64. The molecular weight excluding hydrogens is 468 g/mol. The second-order valence-corrected chi connectivity index (χ2v) is 8.83. The van der Waals surface area contributed by atoms with Gasteiger partial charge in [-0.1, -0.05) is 25.1 Å². The van der Waals surface area contributed by atoms with Gasteiger partial charge in [-0.05, 0) is 42.3 Å². The number of nitrogens with one attached hydrogen (secondary N) is 1. The van der Waals surface area contributed by atoms with Crippen LogP contribution >= 0.6 is 11.8 Å². The number of ether oxygens (including phenoxy) is 1. The van der Waals surface area contributed by atoms with Gasteiger partial charge in [-0.25, -0.2) is 14.9 Å². The van der Waals surface area contributed by atoms with Crippen molar-refractivity contribution in [3.8, 4) is 5.75 Å². The molecule has 0 bridgehead atoms. The smallest absolute Gasteiger partial charge is 0.404 e. The minimum atomic E-state index is -1.14. The van der Waals surface area contributed by atoms with Gasteiger partial charge < -0.3 is 20.9 Å². The number of aliphatic imine (C=N–C) groups is 1. The Morgan fingerprint density at radius 3 is 2.69 bits per heavy atom. The zero-order chi connectivity index (χ0) is 25.2. The van der Waals surface area contributed by atoms with Crippen LogP contribution in [0.25, 0.3) is 6.08 Å². The first-order chi connectivity index (χ1) is 16.9. The van der Waals surface area contributed by atoms with E-state index in [-0.39, 0.29) is 25.5 Å². The molecule has 0 spiro atoms. The fourth-order valence-corrected chi connectivity index (χ4v) is 4.27. The van der Waals surface area contributed by atoms with E-state index in [1.807, 2.05) is 49.4 Å². The number of hydrogen-bond donors (Lipinski definition) is 3. The predicted octanol–water partition coefficient (Wildman–Crippen LogP) is 4.20. The molecule has 0 atom stereocenters. The third kappa shape index (κ3) is 7.76. The first kappa shape index (κ1) is 26.1. The number of carbonyl (C=O) groups excluding carboxylic acids is 1. The van der Waals surface area contributed by atoms with Gasteiger partial charge in [0.25, 0.3) is 5.91 Å². The van der Waals surface area contributed by atoms with Crippen molar-refractivity contribution in [1.82, 2.24) is 10.4 Å². The van der Waals surface area contributed by atoms with Gasteiger partial charge in [-0.2, -0.15) is 0 Å². The number of nitrogens with two attached hydrogens (primary N) is 1. The second kappa shape index (κ2) is 12.8. The summed E-state index contributed by atoms with van der Waals surface area (Å²) >= 11 is 1.69. The van der Waals surface area contributed by atoms with E-state index in [1.165, 1.54) is 10.6 Å². The molecule has 2 amide bonds. The number of methoxy groups -OCH3 is 1. The Hall–Kier alpha value is -3.50.